The number of halogens is 2. The Bertz CT molecular complexity index is 1130. The normalized spacial score (nSPS) is 42.5. The molecule has 0 radical (unpaired) electrons. The fourth-order valence-electron chi connectivity index (χ4n) is 12.5. The highest BCUT2D eigenvalue weighted by molar-refractivity contribution is 5.16. The Labute approximate surface area is 318 Å². The first-order chi connectivity index (χ1) is 25.3. The van der Waals surface area contributed by atoms with Crippen LogP contribution in [0.5, 0.6) is 0 Å². The predicted octanol–water partition coefficient (Wildman–Crippen LogP) is 14.3. The van der Waals surface area contributed by atoms with Gasteiger partial charge in [-0.05, 0) is 148 Å². The highest BCUT2D eigenvalue weighted by Gasteiger charge is 2.34. The van der Waals surface area contributed by atoms with Crippen LogP contribution < -0.4 is 0 Å². The van der Waals surface area contributed by atoms with E-state index in [1.165, 1.54) is 103 Å². The minimum atomic E-state index is -0.685. The summed E-state index contributed by atoms with van der Waals surface area (Å²) < 4.78 is 41.7. The van der Waals surface area contributed by atoms with E-state index in [9.17, 15) is 4.39 Å². The van der Waals surface area contributed by atoms with Crippen molar-refractivity contribution in [3.05, 3.63) is 23.0 Å². The van der Waals surface area contributed by atoms with Crippen LogP contribution in [0.2, 0.25) is 0 Å². The van der Waals surface area contributed by atoms with Crippen molar-refractivity contribution in [1.82, 2.24) is 0 Å². The van der Waals surface area contributed by atoms with E-state index in [-0.39, 0.29) is 24.0 Å². The van der Waals surface area contributed by atoms with E-state index in [0.717, 1.165) is 91.9 Å². The van der Waals surface area contributed by atoms with Crippen molar-refractivity contribution >= 4 is 0 Å². The zero-order valence-corrected chi connectivity index (χ0v) is 33.7. The second-order valence-corrected chi connectivity index (χ2v) is 20.5. The third-order valence-electron chi connectivity index (χ3n) is 16.2. The summed E-state index contributed by atoms with van der Waals surface area (Å²) in [4.78, 5) is 0. The summed E-state index contributed by atoms with van der Waals surface area (Å²) in [6.07, 6.45) is 36.3. The van der Waals surface area contributed by atoms with E-state index in [0.29, 0.717) is 37.9 Å². The maximum atomic E-state index is 15.4. The molecule has 5 fully saturated rings. The summed E-state index contributed by atoms with van der Waals surface area (Å²) in [5.74, 6) is 8.43. The van der Waals surface area contributed by atoms with Crippen LogP contribution in [-0.2, 0) is 9.47 Å². The molecule has 0 N–H and O–H groups in total. The molecule has 2 nitrogen and oxygen atoms in total. The van der Waals surface area contributed by atoms with Gasteiger partial charge in [0, 0.05) is 18.8 Å². The summed E-state index contributed by atoms with van der Waals surface area (Å²) >= 11 is 0. The van der Waals surface area contributed by atoms with Crippen LogP contribution in [0.4, 0.5) is 8.78 Å². The fourth-order valence-corrected chi connectivity index (χ4v) is 12.5. The van der Waals surface area contributed by atoms with Crippen LogP contribution in [-0.4, -0.2) is 25.7 Å². The lowest BCUT2D eigenvalue weighted by Gasteiger charge is -2.36. The van der Waals surface area contributed by atoms with E-state index < -0.39 is 6.17 Å². The first-order valence-corrected chi connectivity index (χ1v) is 23.2. The maximum absolute atomic E-state index is 15.4. The largest absolute Gasteiger partial charge is 0.352 e. The molecule has 5 unspecified atom stereocenters. The van der Waals surface area contributed by atoms with Gasteiger partial charge in [0.25, 0.3) is 0 Å². The van der Waals surface area contributed by atoms with Crippen LogP contribution in [0, 0.1) is 65.1 Å². The third kappa shape index (κ3) is 11.6. The van der Waals surface area contributed by atoms with Gasteiger partial charge in [0.15, 0.2) is 6.29 Å². The van der Waals surface area contributed by atoms with E-state index in [1.54, 1.807) is 18.4 Å². The predicted molar refractivity (Wildman–Crippen MR) is 211 cm³/mol. The molecule has 0 bridgehead atoms. The molecule has 4 saturated carbocycles. The van der Waals surface area contributed by atoms with Gasteiger partial charge in [-0.3, -0.25) is 0 Å². The number of hydrogen-bond acceptors (Lipinski definition) is 2. The Morgan fingerprint density at radius 2 is 1.10 bits per heavy atom. The molecule has 5 atom stereocenters. The molecule has 1 aliphatic heterocycles. The van der Waals surface area contributed by atoms with Crippen molar-refractivity contribution < 1.29 is 18.3 Å². The Kier molecular flexibility index (Phi) is 14.7. The second-order valence-electron chi connectivity index (χ2n) is 20.5. The van der Waals surface area contributed by atoms with Gasteiger partial charge in [0.05, 0.1) is 19.0 Å². The zero-order valence-electron chi connectivity index (χ0n) is 33.7. The number of allylic oxidation sites excluding steroid dienone is 4. The lowest BCUT2D eigenvalue weighted by atomic mass is 9.69. The molecule has 296 valence electrons. The van der Waals surface area contributed by atoms with Crippen LogP contribution in [0.15, 0.2) is 23.0 Å². The van der Waals surface area contributed by atoms with Gasteiger partial charge in [0.2, 0.25) is 0 Å². The standard InChI is InChI=1S/C48H78F2O2/c1-33-3-6-35(7-4-33)23-36-9-11-37(12-10-36)24-38-13-15-39(16-14-38)25-40-17-19-41(20-18-40)26-42-21-22-45(47(50)29-42)27-44-31-51-48(52-32-44)30-43-8-5-34(2)46(49)28-43/h19,33-40,42-44,46,48H,3-18,20-32H2,1-2H3. The first-order valence-electron chi connectivity index (χ1n) is 23.2. The van der Waals surface area contributed by atoms with E-state index >= 15 is 4.39 Å². The molecular weight excluding hydrogens is 647 g/mol. The topological polar surface area (TPSA) is 18.5 Å². The number of alkyl halides is 1. The van der Waals surface area contributed by atoms with Gasteiger partial charge >= 0.3 is 0 Å². The molecule has 0 spiro atoms. The van der Waals surface area contributed by atoms with Crippen molar-refractivity contribution in [3.8, 4) is 0 Å². The highest BCUT2D eigenvalue weighted by Crippen LogP contribution is 2.45. The molecule has 7 rings (SSSR count). The zero-order chi connectivity index (χ0) is 35.9. The highest BCUT2D eigenvalue weighted by atomic mass is 19.1. The number of rotatable bonds is 12. The average molecular weight is 725 g/mol. The van der Waals surface area contributed by atoms with Crippen molar-refractivity contribution in [2.24, 2.45) is 65.1 Å². The number of ether oxygens (including phenoxy) is 2. The minimum Gasteiger partial charge on any atom is -0.352 e. The van der Waals surface area contributed by atoms with Gasteiger partial charge in [-0.2, -0.15) is 0 Å². The quantitative estimate of drug-likeness (QED) is 0.187. The number of hydrogen-bond donors (Lipinski definition) is 0. The third-order valence-corrected chi connectivity index (χ3v) is 16.2. The van der Waals surface area contributed by atoms with Gasteiger partial charge in [-0.25, -0.2) is 8.78 Å². The Morgan fingerprint density at radius 1 is 0.558 bits per heavy atom. The Hall–Kier alpha value is -0.740. The van der Waals surface area contributed by atoms with Crippen molar-refractivity contribution in [1.29, 1.82) is 0 Å². The molecule has 6 aliphatic carbocycles. The summed E-state index contributed by atoms with van der Waals surface area (Å²) in [5.41, 5.74) is 2.64. The minimum absolute atomic E-state index is 0.158. The lowest BCUT2D eigenvalue weighted by molar-refractivity contribution is -0.209. The SMILES string of the molecule is CC1CCC(CC2CCC(CC3CCC(CC4CC=C(CC5CCC(CC6COC(CC7CCC(C)C(F)C7)OC6)=C(F)C5)CC4)CC3)CC2)CC1. The molecule has 1 saturated heterocycles. The molecule has 0 amide bonds. The fraction of sp³-hybridized carbons (Fsp3) is 0.917. The Balaban J connectivity index is 0.738. The monoisotopic (exact) mass is 725 g/mol. The molecule has 0 aromatic heterocycles. The lowest BCUT2D eigenvalue weighted by Crippen LogP contribution is -2.35. The van der Waals surface area contributed by atoms with Crippen molar-refractivity contribution in [3.63, 3.8) is 0 Å². The van der Waals surface area contributed by atoms with Crippen molar-refractivity contribution in [2.45, 2.75) is 200 Å². The second kappa shape index (κ2) is 19.4. The summed E-state index contributed by atoms with van der Waals surface area (Å²) in [6.45, 7) is 5.76. The van der Waals surface area contributed by atoms with Crippen LogP contribution in [0.1, 0.15) is 187 Å². The van der Waals surface area contributed by atoms with Crippen LogP contribution in [0.3, 0.4) is 0 Å². The molecule has 0 aromatic rings. The molecule has 4 heteroatoms. The first kappa shape index (κ1) is 39.5. The average Bonchev–Trinajstić information content (AvgIpc) is 3.15. The molecule has 1 heterocycles. The molecule has 7 aliphatic rings. The van der Waals surface area contributed by atoms with Gasteiger partial charge < -0.3 is 9.47 Å². The van der Waals surface area contributed by atoms with Gasteiger partial charge in [-0.15, -0.1) is 0 Å². The molecule has 0 aromatic carbocycles. The van der Waals surface area contributed by atoms with E-state index in [1.807, 2.05) is 6.92 Å². The van der Waals surface area contributed by atoms with Gasteiger partial charge in [0.1, 0.15) is 6.17 Å². The van der Waals surface area contributed by atoms with E-state index in [4.69, 9.17) is 9.47 Å². The molecular formula is C48H78F2O2. The summed E-state index contributed by atoms with van der Waals surface area (Å²) in [6, 6.07) is 0. The summed E-state index contributed by atoms with van der Waals surface area (Å²) in [7, 11) is 0. The Morgan fingerprint density at radius 3 is 1.63 bits per heavy atom. The smallest absolute Gasteiger partial charge is 0.157 e. The van der Waals surface area contributed by atoms with Crippen molar-refractivity contribution in [2.75, 3.05) is 13.2 Å². The maximum Gasteiger partial charge on any atom is 0.157 e. The summed E-state index contributed by atoms with van der Waals surface area (Å²) in [5, 5.41) is 0. The van der Waals surface area contributed by atoms with E-state index in [2.05, 4.69) is 13.0 Å². The van der Waals surface area contributed by atoms with Crippen LogP contribution >= 0.6 is 0 Å². The van der Waals surface area contributed by atoms with Crippen LogP contribution in [0.25, 0.3) is 0 Å². The van der Waals surface area contributed by atoms with Gasteiger partial charge in [-0.1, -0.05) is 103 Å². The molecule has 52 heavy (non-hydrogen) atoms.